The van der Waals surface area contributed by atoms with Gasteiger partial charge in [-0.15, -0.1) is 6.58 Å². The molecular weight excluding hydrogens is 380 g/mol. The molecule has 0 spiro atoms. The van der Waals surface area contributed by atoms with Crippen molar-refractivity contribution in [2.24, 2.45) is 7.05 Å². The van der Waals surface area contributed by atoms with Gasteiger partial charge in [0.15, 0.2) is 23.0 Å². The van der Waals surface area contributed by atoms with Gasteiger partial charge in [-0.05, 0) is 18.6 Å². The Labute approximate surface area is 165 Å². The number of pyridine rings is 1. The maximum Gasteiger partial charge on any atom is 0.329 e. The number of carbonyl (C=O) groups excluding carboxylic acids is 1. The molecular formula is C20H19F2N5O2. The molecule has 0 saturated carbocycles. The van der Waals surface area contributed by atoms with Crippen molar-refractivity contribution in [2.75, 3.05) is 23.5 Å². The zero-order chi connectivity index (χ0) is 20.9. The number of aryl methyl sites for hydroxylation is 2. The van der Waals surface area contributed by atoms with Gasteiger partial charge in [-0.25, -0.2) is 18.6 Å². The first kappa shape index (κ1) is 18.9. The van der Waals surface area contributed by atoms with E-state index in [1.54, 1.807) is 30.2 Å². The fraction of sp³-hybridized carbons (Fsp3) is 0.250. The molecule has 4 rings (SSSR count). The molecule has 29 heavy (non-hydrogen) atoms. The molecule has 3 aromatic rings. The topological polar surface area (TPSA) is 63.5 Å². The number of urea groups is 1. The fourth-order valence-electron chi connectivity index (χ4n) is 3.62. The molecule has 0 bridgehead atoms. The maximum absolute atomic E-state index is 15.0. The van der Waals surface area contributed by atoms with E-state index in [-0.39, 0.29) is 24.4 Å². The smallest absolute Gasteiger partial charge is 0.329 e. The largest absolute Gasteiger partial charge is 0.494 e. The lowest BCUT2D eigenvalue weighted by molar-refractivity contribution is 0.250. The molecule has 1 aliphatic rings. The molecule has 1 aromatic carbocycles. The van der Waals surface area contributed by atoms with Gasteiger partial charge in [0.1, 0.15) is 5.69 Å². The number of rotatable bonds is 4. The molecule has 0 unspecified atom stereocenters. The van der Waals surface area contributed by atoms with E-state index in [1.807, 2.05) is 0 Å². The summed E-state index contributed by atoms with van der Waals surface area (Å²) < 4.78 is 36.5. The van der Waals surface area contributed by atoms with Crippen LogP contribution in [0.5, 0.6) is 5.75 Å². The van der Waals surface area contributed by atoms with Crippen LogP contribution in [-0.2, 0) is 13.6 Å². The second-order valence-electron chi connectivity index (χ2n) is 6.78. The number of amides is 2. The highest BCUT2D eigenvalue weighted by Gasteiger charge is 2.36. The SMILES string of the molecule is C=CCN1C(=O)N(c2c(F)c(C)cc(OC)c2F)Cc2cnc3c(cnn3C)c21. The Hall–Kier alpha value is -3.49. The molecule has 150 valence electrons. The van der Waals surface area contributed by atoms with Gasteiger partial charge in [0.25, 0.3) is 0 Å². The lowest BCUT2D eigenvalue weighted by atomic mass is 10.1. The molecule has 0 saturated heterocycles. The molecule has 9 heteroatoms. The summed E-state index contributed by atoms with van der Waals surface area (Å²) in [6.07, 6.45) is 4.77. The van der Waals surface area contributed by atoms with E-state index in [2.05, 4.69) is 16.7 Å². The number of methoxy groups -OCH3 is 1. The predicted molar refractivity (Wildman–Crippen MR) is 105 cm³/mol. The molecule has 1 aliphatic heterocycles. The Balaban J connectivity index is 1.94. The number of halogens is 2. The van der Waals surface area contributed by atoms with E-state index >= 15 is 0 Å². The zero-order valence-electron chi connectivity index (χ0n) is 16.2. The van der Waals surface area contributed by atoms with Crippen molar-refractivity contribution < 1.29 is 18.3 Å². The maximum atomic E-state index is 15.0. The number of benzene rings is 1. The summed E-state index contributed by atoms with van der Waals surface area (Å²) in [6.45, 7) is 5.31. The van der Waals surface area contributed by atoms with Crippen LogP contribution in [-0.4, -0.2) is 34.5 Å². The van der Waals surface area contributed by atoms with E-state index in [9.17, 15) is 13.6 Å². The average molecular weight is 399 g/mol. The number of carbonyl (C=O) groups is 1. The Bertz CT molecular complexity index is 1160. The van der Waals surface area contributed by atoms with Crippen molar-refractivity contribution in [2.45, 2.75) is 13.5 Å². The van der Waals surface area contributed by atoms with Crippen molar-refractivity contribution >= 4 is 28.4 Å². The van der Waals surface area contributed by atoms with Gasteiger partial charge in [-0.1, -0.05) is 6.08 Å². The first-order valence-electron chi connectivity index (χ1n) is 8.91. The summed E-state index contributed by atoms with van der Waals surface area (Å²) in [6, 6.07) is 0.692. The minimum Gasteiger partial charge on any atom is -0.494 e. The molecule has 0 atom stereocenters. The number of ether oxygens (including phenoxy) is 1. The van der Waals surface area contributed by atoms with E-state index < -0.39 is 23.4 Å². The number of anilines is 2. The lowest BCUT2D eigenvalue weighted by Crippen LogP contribution is -2.48. The third kappa shape index (κ3) is 2.72. The van der Waals surface area contributed by atoms with Crippen molar-refractivity contribution in [3.05, 3.63) is 53.9 Å². The zero-order valence-corrected chi connectivity index (χ0v) is 16.2. The van der Waals surface area contributed by atoms with Crippen LogP contribution in [0.25, 0.3) is 11.0 Å². The second kappa shape index (κ2) is 6.84. The summed E-state index contributed by atoms with van der Waals surface area (Å²) >= 11 is 0. The van der Waals surface area contributed by atoms with E-state index in [0.29, 0.717) is 22.3 Å². The van der Waals surface area contributed by atoms with Gasteiger partial charge in [0.05, 0.1) is 30.9 Å². The average Bonchev–Trinajstić information content (AvgIpc) is 3.08. The van der Waals surface area contributed by atoms with Crippen molar-refractivity contribution in [3.63, 3.8) is 0 Å². The van der Waals surface area contributed by atoms with Crippen LogP contribution in [0.2, 0.25) is 0 Å². The molecule has 0 N–H and O–H groups in total. The highest BCUT2D eigenvalue weighted by Crippen LogP contribution is 2.40. The van der Waals surface area contributed by atoms with E-state index in [0.717, 1.165) is 4.90 Å². The van der Waals surface area contributed by atoms with Crippen LogP contribution in [0, 0.1) is 18.6 Å². The Kier molecular flexibility index (Phi) is 4.45. The van der Waals surface area contributed by atoms with Crippen molar-refractivity contribution in [3.8, 4) is 5.75 Å². The minimum atomic E-state index is -0.929. The molecule has 2 amide bonds. The summed E-state index contributed by atoms with van der Waals surface area (Å²) in [5.41, 5.74) is 1.59. The molecule has 0 radical (unpaired) electrons. The van der Waals surface area contributed by atoms with Gasteiger partial charge in [-0.3, -0.25) is 14.5 Å². The van der Waals surface area contributed by atoms with E-state index in [1.165, 1.54) is 25.0 Å². The highest BCUT2D eigenvalue weighted by molar-refractivity contribution is 6.11. The molecule has 2 aromatic heterocycles. The van der Waals surface area contributed by atoms with Crippen LogP contribution in [0.3, 0.4) is 0 Å². The van der Waals surface area contributed by atoms with Gasteiger partial charge in [-0.2, -0.15) is 5.10 Å². The van der Waals surface area contributed by atoms with Crippen LogP contribution in [0.4, 0.5) is 25.0 Å². The van der Waals surface area contributed by atoms with Crippen LogP contribution < -0.4 is 14.5 Å². The summed E-state index contributed by atoms with van der Waals surface area (Å²) in [7, 11) is 3.04. The first-order valence-corrected chi connectivity index (χ1v) is 8.91. The Morgan fingerprint density at radius 1 is 1.28 bits per heavy atom. The first-order chi connectivity index (χ1) is 13.9. The Morgan fingerprint density at radius 3 is 2.72 bits per heavy atom. The molecule has 0 aliphatic carbocycles. The number of fused-ring (bicyclic) bond motifs is 3. The van der Waals surface area contributed by atoms with Crippen LogP contribution >= 0.6 is 0 Å². The predicted octanol–water partition coefficient (Wildman–Crippen LogP) is 3.70. The summed E-state index contributed by atoms with van der Waals surface area (Å²) in [5.74, 6) is -1.87. The summed E-state index contributed by atoms with van der Waals surface area (Å²) in [5, 5.41) is 4.89. The third-order valence-corrected chi connectivity index (χ3v) is 5.00. The monoisotopic (exact) mass is 399 g/mol. The van der Waals surface area contributed by atoms with Crippen molar-refractivity contribution in [1.29, 1.82) is 0 Å². The number of hydrogen-bond acceptors (Lipinski definition) is 4. The second-order valence-corrected chi connectivity index (χ2v) is 6.78. The minimum absolute atomic E-state index is 0.0416. The Morgan fingerprint density at radius 2 is 2.03 bits per heavy atom. The number of aromatic nitrogens is 3. The summed E-state index contributed by atoms with van der Waals surface area (Å²) in [4.78, 5) is 20.2. The quantitative estimate of drug-likeness (QED) is 0.628. The molecule has 3 heterocycles. The van der Waals surface area contributed by atoms with Gasteiger partial charge >= 0.3 is 6.03 Å². The number of nitrogens with zero attached hydrogens (tertiary/aromatic N) is 5. The lowest BCUT2D eigenvalue weighted by Gasteiger charge is -2.37. The van der Waals surface area contributed by atoms with Crippen molar-refractivity contribution in [1.82, 2.24) is 14.8 Å². The van der Waals surface area contributed by atoms with Gasteiger partial charge < -0.3 is 4.74 Å². The van der Waals surface area contributed by atoms with E-state index in [4.69, 9.17) is 4.74 Å². The third-order valence-electron chi connectivity index (χ3n) is 5.00. The highest BCUT2D eigenvalue weighted by atomic mass is 19.1. The molecule has 7 nitrogen and oxygen atoms in total. The van der Waals surface area contributed by atoms with Gasteiger partial charge in [0.2, 0.25) is 0 Å². The van der Waals surface area contributed by atoms with Crippen LogP contribution in [0.15, 0.2) is 31.1 Å². The fourth-order valence-corrected chi connectivity index (χ4v) is 3.62. The number of hydrogen-bond donors (Lipinski definition) is 0. The standard InChI is InChI=1S/C20H19F2N5O2/c1-5-6-26-17-12(8-23-19-13(17)9-24-25(19)3)10-27(20(26)28)18-15(21)11(2)7-14(29-4)16(18)22/h5,7-9H,1,6,10H2,2-4H3. The van der Waals surface area contributed by atoms with Crippen LogP contribution in [0.1, 0.15) is 11.1 Å². The molecule has 0 fully saturated rings. The van der Waals surface area contributed by atoms with Gasteiger partial charge in [0, 0.05) is 25.4 Å². The normalized spacial score (nSPS) is 13.8.